The molecule has 19 heavy (non-hydrogen) atoms. The molecule has 0 unspecified atom stereocenters. The van der Waals surface area contributed by atoms with Crippen molar-refractivity contribution in [2.45, 2.75) is 13.5 Å². The normalized spacial score (nSPS) is 14.5. The van der Waals surface area contributed by atoms with Crippen molar-refractivity contribution in [2.75, 3.05) is 13.1 Å². The second kappa shape index (κ2) is 5.51. The number of hydrogen-bond donors (Lipinski definition) is 2. The molecule has 4 amide bonds. The average Bonchev–Trinajstić information content (AvgIpc) is 2.70. The second-order valence-electron chi connectivity index (χ2n) is 4.34. The highest BCUT2D eigenvalue weighted by molar-refractivity contribution is 6.04. The van der Waals surface area contributed by atoms with Gasteiger partial charge in [0, 0.05) is 6.54 Å². The highest BCUT2D eigenvalue weighted by atomic mass is 16.2. The molecule has 1 heterocycles. The fraction of sp³-hybridized carbons (Fsp3) is 0.308. The Morgan fingerprint density at radius 2 is 2.11 bits per heavy atom. The molecule has 6 heteroatoms. The highest BCUT2D eigenvalue weighted by Crippen LogP contribution is 2.06. The van der Waals surface area contributed by atoms with Crippen molar-refractivity contribution in [3.05, 3.63) is 35.4 Å². The van der Waals surface area contributed by atoms with E-state index in [1.165, 1.54) is 0 Å². The maximum absolute atomic E-state index is 11.7. The molecule has 1 fully saturated rings. The van der Waals surface area contributed by atoms with Gasteiger partial charge in [0.25, 0.3) is 5.91 Å². The van der Waals surface area contributed by atoms with Crippen LogP contribution in [0.5, 0.6) is 0 Å². The van der Waals surface area contributed by atoms with Gasteiger partial charge in [-0.2, -0.15) is 0 Å². The van der Waals surface area contributed by atoms with Gasteiger partial charge >= 0.3 is 6.03 Å². The van der Waals surface area contributed by atoms with Crippen LogP contribution >= 0.6 is 0 Å². The van der Waals surface area contributed by atoms with Crippen LogP contribution in [0.3, 0.4) is 0 Å². The van der Waals surface area contributed by atoms with Gasteiger partial charge in [0.1, 0.15) is 6.54 Å². The third kappa shape index (κ3) is 3.09. The molecule has 0 radical (unpaired) electrons. The van der Waals surface area contributed by atoms with Gasteiger partial charge in [0.2, 0.25) is 5.91 Å². The van der Waals surface area contributed by atoms with Crippen molar-refractivity contribution in [3.63, 3.8) is 0 Å². The largest absolute Gasteiger partial charge is 0.350 e. The summed E-state index contributed by atoms with van der Waals surface area (Å²) in [6.45, 7) is 2.06. The van der Waals surface area contributed by atoms with Gasteiger partial charge in [-0.05, 0) is 18.1 Å². The second-order valence-corrected chi connectivity index (χ2v) is 4.34. The minimum atomic E-state index is -0.518. The van der Waals surface area contributed by atoms with Gasteiger partial charge in [-0.25, -0.2) is 4.79 Å². The maximum atomic E-state index is 11.7. The smallest absolute Gasteiger partial charge is 0.325 e. The first-order valence-corrected chi connectivity index (χ1v) is 5.97. The van der Waals surface area contributed by atoms with E-state index >= 15 is 0 Å². The molecule has 6 nitrogen and oxygen atoms in total. The lowest BCUT2D eigenvalue weighted by molar-refractivity contribution is -0.130. The van der Waals surface area contributed by atoms with E-state index in [1.807, 2.05) is 31.2 Å². The van der Waals surface area contributed by atoms with E-state index in [4.69, 9.17) is 0 Å². The van der Waals surface area contributed by atoms with Crippen molar-refractivity contribution in [1.82, 2.24) is 15.5 Å². The SMILES string of the molecule is Cc1ccccc1CNC(=O)CN1C(=O)CNC1=O. The Balaban J connectivity index is 1.87. The van der Waals surface area contributed by atoms with E-state index in [0.29, 0.717) is 6.54 Å². The summed E-state index contributed by atoms with van der Waals surface area (Å²) in [4.78, 5) is 35.2. The fourth-order valence-electron chi connectivity index (χ4n) is 1.82. The van der Waals surface area contributed by atoms with Gasteiger partial charge in [0.15, 0.2) is 0 Å². The minimum Gasteiger partial charge on any atom is -0.350 e. The zero-order chi connectivity index (χ0) is 13.8. The summed E-state index contributed by atoms with van der Waals surface area (Å²) in [6.07, 6.45) is 0. The van der Waals surface area contributed by atoms with Crippen LogP contribution in [0.1, 0.15) is 11.1 Å². The number of nitrogens with one attached hydrogen (secondary N) is 2. The number of carbonyl (C=O) groups is 3. The van der Waals surface area contributed by atoms with E-state index < -0.39 is 6.03 Å². The van der Waals surface area contributed by atoms with Crippen LogP contribution in [0, 0.1) is 6.92 Å². The summed E-state index contributed by atoms with van der Waals surface area (Å²) in [5, 5.41) is 5.06. The predicted molar refractivity (Wildman–Crippen MR) is 68.1 cm³/mol. The molecular formula is C13H15N3O3. The van der Waals surface area contributed by atoms with E-state index in [-0.39, 0.29) is 24.9 Å². The lowest BCUT2D eigenvalue weighted by Gasteiger charge is -2.12. The Morgan fingerprint density at radius 1 is 1.37 bits per heavy atom. The Kier molecular flexibility index (Phi) is 3.79. The van der Waals surface area contributed by atoms with Crippen molar-refractivity contribution in [1.29, 1.82) is 0 Å². The summed E-state index contributed by atoms with van der Waals surface area (Å²) in [5.41, 5.74) is 2.09. The standard InChI is InChI=1S/C13H15N3O3/c1-9-4-2-3-5-10(9)6-14-11(17)8-16-12(18)7-15-13(16)19/h2-5H,6-8H2,1H3,(H,14,17)(H,15,19). The Labute approximate surface area is 110 Å². The molecule has 1 aromatic rings. The molecule has 0 aromatic heterocycles. The molecule has 2 N–H and O–H groups in total. The number of aryl methyl sites for hydroxylation is 1. The van der Waals surface area contributed by atoms with Crippen molar-refractivity contribution in [3.8, 4) is 0 Å². The van der Waals surface area contributed by atoms with E-state index in [9.17, 15) is 14.4 Å². The molecule has 2 rings (SSSR count). The number of carbonyl (C=O) groups excluding carboxylic acids is 3. The van der Waals surface area contributed by atoms with Gasteiger partial charge < -0.3 is 10.6 Å². The first kappa shape index (κ1) is 13.1. The highest BCUT2D eigenvalue weighted by Gasteiger charge is 2.29. The molecule has 0 atom stereocenters. The van der Waals surface area contributed by atoms with Crippen molar-refractivity contribution >= 4 is 17.8 Å². The minimum absolute atomic E-state index is 0.0378. The lowest BCUT2D eigenvalue weighted by Crippen LogP contribution is -2.40. The summed E-state index contributed by atoms with van der Waals surface area (Å²) in [7, 11) is 0. The van der Waals surface area contributed by atoms with Gasteiger partial charge in [-0.3, -0.25) is 14.5 Å². The zero-order valence-electron chi connectivity index (χ0n) is 10.6. The van der Waals surface area contributed by atoms with Crippen LogP contribution in [0.2, 0.25) is 0 Å². The van der Waals surface area contributed by atoms with Gasteiger partial charge in [-0.1, -0.05) is 24.3 Å². The van der Waals surface area contributed by atoms with Crippen LogP contribution in [0.4, 0.5) is 4.79 Å². The number of imide groups is 1. The van der Waals surface area contributed by atoms with Crippen LogP contribution in [0.15, 0.2) is 24.3 Å². The molecule has 1 aliphatic heterocycles. The molecular weight excluding hydrogens is 246 g/mol. The number of nitrogens with zero attached hydrogens (tertiary/aromatic N) is 1. The van der Waals surface area contributed by atoms with E-state index in [1.54, 1.807) is 0 Å². The Bertz CT molecular complexity index is 512. The molecule has 100 valence electrons. The number of rotatable bonds is 4. The summed E-state index contributed by atoms with van der Waals surface area (Å²) in [6, 6.07) is 7.18. The van der Waals surface area contributed by atoms with E-state index in [0.717, 1.165) is 16.0 Å². The monoisotopic (exact) mass is 261 g/mol. The molecule has 1 saturated heterocycles. The number of amides is 4. The van der Waals surface area contributed by atoms with Gasteiger partial charge in [-0.15, -0.1) is 0 Å². The summed E-state index contributed by atoms with van der Waals surface area (Å²) >= 11 is 0. The third-order valence-corrected chi connectivity index (χ3v) is 2.98. The van der Waals surface area contributed by atoms with Crippen LogP contribution in [0.25, 0.3) is 0 Å². The maximum Gasteiger partial charge on any atom is 0.325 e. The molecule has 0 saturated carbocycles. The van der Waals surface area contributed by atoms with Crippen LogP contribution in [-0.4, -0.2) is 35.8 Å². The first-order chi connectivity index (χ1) is 9.08. The molecule has 1 aromatic carbocycles. The molecule has 0 spiro atoms. The quantitative estimate of drug-likeness (QED) is 0.758. The zero-order valence-corrected chi connectivity index (χ0v) is 10.6. The lowest BCUT2D eigenvalue weighted by atomic mass is 10.1. The molecule has 1 aliphatic rings. The van der Waals surface area contributed by atoms with Crippen molar-refractivity contribution in [2.24, 2.45) is 0 Å². The van der Waals surface area contributed by atoms with Gasteiger partial charge in [0.05, 0.1) is 6.54 Å². The average molecular weight is 261 g/mol. The number of hydrogen-bond acceptors (Lipinski definition) is 3. The summed E-state index contributed by atoms with van der Waals surface area (Å²) in [5.74, 6) is -0.732. The van der Waals surface area contributed by atoms with Crippen LogP contribution < -0.4 is 10.6 Å². The third-order valence-electron chi connectivity index (χ3n) is 2.98. The molecule has 0 bridgehead atoms. The van der Waals surface area contributed by atoms with E-state index in [2.05, 4.69) is 10.6 Å². The fourth-order valence-corrected chi connectivity index (χ4v) is 1.82. The predicted octanol–water partition coefficient (Wildman–Crippen LogP) is 0.163. The number of benzene rings is 1. The van der Waals surface area contributed by atoms with Crippen molar-refractivity contribution < 1.29 is 14.4 Å². The Hall–Kier alpha value is -2.37. The summed E-state index contributed by atoms with van der Waals surface area (Å²) < 4.78 is 0. The van der Waals surface area contributed by atoms with Crippen LogP contribution in [-0.2, 0) is 16.1 Å². The Morgan fingerprint density at radius 3 is 2.74 bits per heavy atom. The molecule has 0 aliphatic carbocycles. The first-order valence-electron chi connectivity index (χ1n) is 5.97. The number of urea groups is 1. The topological polar surface area (TPSA) is 78.5 Å².